The van der Waals surface area contributed by atoms with Crippen molar-refractivity contribution in [2.24, 2.45) is 0 Å². The predicted octanol–water partition coefficient (Wildman–Crippen LogP) is 2.78. The first kappa shape index (κ1) is 12.3. The largest absolute Gasteiger partial charge is 0.495 e. The second kappa shape index (κ2) is 5.46. The van der Waals surface area contributed by atoms with Crippen LogP contribution < -0.4 is 4.74 Å². The summed E-state index contributed by atoms with van der Waals surface area (Å²) in [7, 11) is 1.58. The Morgan fingerprint density at radius 1 is 1.24 bits per heavy atom. The lowest BCUT2D eigenvalue weighted by molar-refractivity contribution is 0.219. The lowest BCUT2D eigenvalue weighted by atomic mass is 10.0. The Morgan fingerprint density at radius 3 is 2.76 bits per heavy atom. The first-order chi connectivity index (χ1) is 8.20. The number of hydrogen-bond acceptors (Lipinski definition) is 3. The summed E-state index contributed by atoms with van der Waals surface area (Å²) in [5.41, 5.74) is 1.58. The summed E-state index contributed by atoms with van der Waals surface area (Å²) in [6, 6.07) is 9.54. The maximum Gasteiger partial charge on any atom is 0.137 e. The van der Waals surface area contributed by atoms with E-state index in [1.807, 2.05) is 24.3 Å². The molecule has 0 bridgehead atoms. The maximum absolute atomic E-state index is 10.2. The zero-order valence-electron chi connectivity index (χ0n) is 9.30. The van der Waals surface area contributed by atoms with Gasteiger partial charge in [0, 0.05) is 15.3 Å². The number of aromatic nitrogens is 1. The summed E-state index contributed by atoms with van der Waals surface area (Å²) in [6.07, 6.45) is 2.59. The van der Waals surface area contributed by atoms with E-state index in [4.69, 9.17) is 4.74 Å². The molecule has 1 aromatic carbocycles. The highest BCUT2D eigenvalue weighted by Gasteiger charge is 2.11. The standard InChI is InChI=1S/C13H12INO2/c1-17-12-6-10(7-15-8-12)13(16)9-3-2-4-11(14)5-9/h2-8,13,16H,1H3. The molecule has 0 saturated carbocycles. The van der Waals surface area contributed by atoms with Gasteiger partial charge in [0.15, 0.2) is 0 Å². The molecule has 1 N–H and O–H groups in total. The van der Waals surface area contributed by atoms with Gasteiger partial charge in [-0.1, -0.05) is 12.1 Å². The fourth-order valence-electron chi connectivity index (χ4n) is 1.57. The number of aliphatic hydroxyl groups is 1. The lowest BCUT2D eigenvalue weighted by Crippen LogP contribution is -2.01. The Morgan fingerprint density at radius 2 is 2.06 bits per heavy atom. The van der Waals surface area contributed by atoms with E-state index < -0.39 is 6.10 Å². The number of halogens is 1. The molecule has 0 radical (unpaired) electrons. The average molecular weight is 341 g/mol. The van der Waals surface area contributed by atoms with E-state index in [0.29, 0.717) is 5.75 Å². The van der Waals surface area contributed by atoms with Gasteiger partial charge in [-0.05, 0) is 46.4 Å². The van der Waals surface area contributed by atoms with Gasteiger partial charge in [0.2, 0.25) is 0 Å². The van der Waals surface area contributed by atoms with Crippen molar-refractivity contribution in [3.05, 3.63) is 57.4 Å². The molecule has 1 heterocycles. The van der Waals surface area contributed by atoms with Crippen molar-refractivity contribution in [1.82, 2.24) is 4.98 Å². The molecule has 0 saturated heterocycles. The molecule has 0 aliphatic heterocycles. The molecular formula is C13H12INO2. The first-order valence-electron chi connectivity index (χ1n) is 5.13. The Balaban J connectivity index is 2.33. The molecule has 2 aromatic rings. The van der Waals surface area contributed by atoms with Crippen LogP contribution in [0.2, 0.25) is 0 Å². The minimum Gasteiger partial charge on any atom is -0.495 e. The number of methoxy groups -OCH3 is 1. The summed E-state index contributed by atoms with van der Waals surface area (Å²) >= 11 is 2.22. The minimum absolute atomic E-state index is 0.646. The van der Waals surface area contributed by atoms with Crippen LogP contribution in [0.3, 0.4) is 0 Å². The van der Waals surface area contributed by atoms with Crippen molar-refractivity contribution in [2.45, 2.75) is 6.10 Å². The predicted molar refractivity (Wildman–Crippen MR) is 74.0 cm³/mol. The van der Waals surface area contributed by atoms with Crippen LogP contribution in [0, 0.1) is 3.57 Å². The van der Waals surface area contributed by atoms with Gasteiger partial charge >= 0.3 is 0 Å². The van der Waals surface area contributed by atoms with Crippen LogP contribution in [0.1, 0.15) is 17.2 Å². The Bertz CT molecular complexity index is 516. The Kier molecular flexibility index (Phi) is 3.96. The first-order valence-corrected chi connectivity index (χ1v) is 6.21. The van der Waals surface area contributed by atoms with Gasteiger partial charge in [-0.3, -0.25) is 4.98 Å². The number of benzene rings is 1. The van der Waals surface area contributed by atoms with Gasteiger partial charge < -0.3 is 9.84 Å². The van der Waals surface area contributed by atoms with Crippen molar-refractivity contribution in [3.8, 4) is 5.75 Å². The molecule has 1 aromatic heterocycles. The zero-order valence-corrected chi connectivity index (χ0v) is 11.5. The Labute approximate surface area is 114 Å². The molecular weight excluding hydrogens is 329 g/mol. The van der Waals surface area contributed by atoms with Gasteiger partial charge in [0.1, 0.15) is 11.9 Å². The molecule has 0 spiro atoms. The van der Waals surface area contributed by atoms with Crippen LogP contribution in [0.4, 0.5) is 0 Å². The molecule has 0 amide bonds. The minimum atomic E-state index is -0.674. The molecule has 0 aliphatic rings. The van der Waals surface area contributed by atoms with Crippen molar-refractivity contribution in [3.63, 3.8) is 0 Å². The SMILES string of the molecule is COc1cncc(C(O)c2cccc(I)c2)c1. The third-order valence-electron chi connectivity index (χ3n) is 2.45. The summed E-state index contributed by atoms with van der Waals surface area (Å²) in [6.45, 7) is 0. The fraction of sp³-hybridized carbons (Fsp3) is 0.154. The van der Waals surface area contributed by atoms with Crippen LogP contribution in [0.15, 0.2) is 42.7 Å². The highest BCUT2D eigenvalue weighted by atomic mass is 127. The number of pyridine rings is 1. The average Bonchev–Trinajstić information content (AvgIpc) is 2.38. The fourth-order valence-corrected chi connectivity index (χ4v) is 2.13. The molecule has 1 unspecified atom stereocenters. The summed E-state index contributed by atoms with van der Waals surface area (Å²) in [5, 5.41) is 10.2. The number of aliphatic hydroxyl groups excluding tert-OH is 1. The van der Waals surface area contributed by atoms with Gasteiger partial charge in [0.25, 0.3) is 0 Å². The smallest absolute Gasteiger partial charge is 0.137 e. The quantitative estimate of drug-likeness (QED) is 0.873. The van der Waals surface area contributed by atoms with Crippen LogP contribution in [0.5, 0.6) is 5.75 Å². The zero-order chi connectivity index (χ0) is 12.3. The monoisotopic (exact) mass is 341 g/mol. The van der Waals surface area contributed by atoms with E-state index in [2.05, 4.69) is 27.6 Å². The van der Waals surface area contributed by atoms with E-state index in [1.54, 1.807) is 25.6 Å². The molecule has 17 heavy (non-hydrogen) atoms. The van der Waals surface area contributed by atoms with E-state index in [-0.39, 0.29) is 0 Å². The second-order valence-electron chi connectivity index (χ2n) is 3.62. The van der Waals surface area contributed by atoms with Crippen LogP contribution in [0.25, 0.3) is 0 Å². The normalized spacial score (nSPS) is 12.2. The molecule has 0 fully saturated rings. The molecule has 1 atom stereocenters. The third-order valence-corrected chi connectivity index (χ3v) is 3.12. The van der Waals surface area contributed by atoms with Crippen molar-refractivity contribution >= 4 is 22.6 Å². The van der Waals surface area contributed by atoms with E-state index in [0.717, 1.165) is 14.7 Å². The lowest BCUT2D eigenvalue weighted by Gasteiger charge is -2.12. The second-order valence-corrected chi connectivity index (χ2v) is 4.86. The highest BCUT2D eigenvalue weighted by Crippen LogP contribution is 2.24. The van der Waals surface area contributed by atoms with Crippen molar-refractivity contribution in [2.75, 3.05) is 7.11 Å². The van der Waals surface area contributed by atoms with Gasteiger partial charge in [-0.15, -0.1) is 0 Å². The van der Waals surface area contributed by atoms with E-state index in [1.165, 1.54) is 0 Å². The summed E-state index contributed by atoms with van der Waals surface area (Å²) < 4.78 is 6.18. The third kappa shape index (κ3) is 2.95. The molecule has 4 heteroatoms. The van der Waals surface area contributed by atoms with Crippen LogP contribution in [-0.2, 0) is 0 Å². The summed E-state index contributed by atoms with van der Waals surface area (Å²) in [4.78, 5) is 4.04. The Hall–Kier alpha value is -1.14. The maximum atomic E-state index is 10.2. The van der Waals surface area contributed by atoms with Crippen LogP contribution >= 0.6 is 22.6 Å². The number of hydrogen-bond donors (Lipinski definition) is 1. The van der Waals surface area contributed by atoms with E-state index >= 15 is 0 Å². The number of rotatable bonds is 3. The van der Waals surface area contributed by atoms with Gasteiger partial charge in [0.05, 0.1) is 13.3 Å². The van der Waals surface area contributed by atoms with Crippen molar-refractivity contribution in [1.29, 1.82) is 0 Å². The topological polar surface area (TPSA) is 42.4 Å². The number of ether oxygens (including phenoxy) is 1. The molecule has 2 rings (SSSR count). The van der Waals surface area contributed by atoms with Crippen molar-refractivity contribution < 1.29 is 9.84 Å². The van der Waals surface area contributed by atoms with Gasteiger partial charge in [-0.2, -0.15) is 0 Å². The highest BCUT2D eigenvalue weighted by molar-refractivity contribution is 14.1. The number of nitrogens with zero attached hydrogens (tertiary/aromatic N) is 1. The molecule has 3 nitrogen and oxygen atoms in total. The summed E-state index contributed by atoms with van der Waals surface area (Å²) in [5.74, 6) is 0.646. The van der Waals surface area contributed by atoms with Crippen LogP contribution in [-0.4, -0.2) is 17.2 Å². The van der Waals surface area contributed by atoms with Gasteiger partial charge in [-0.25, -0.2) is 0 Å². The molecule has 0 aliphatic carbocycles. The van der Waals surface area contributed by atoms with E-state index in [9.17, 15) is 5.11 Å². The molecule has 88 valence electrons.